The molecule has 0 saturated heterocycles. The van der Waals surface area contributed by atoms with Gasteiger partial charge in [-0.15, -0.1) is 0 Å². The van der Waals surface area contributed by atoms with Crippen molar-refractivity contribution < 1.29 is 17.6 Å². The summed E-state index contributed by atoms with van der Waals surface area (Å²) in [5.74, 6) is -0.762. The highest BCUT2D eigenvalue weighted by Crippen LogP contribution is 2.25. The lowest BCUT2D eigenvalue weighted by molar-refractivity contribution is 0.0951. The molecule has 0 heterocycles. The number of hydrogen-bond donors (Lipinski definition) is 1. The van der Waals surface area contributed by atoms with Crippen LogP contribution in [-0.2, 0) is 23.1 Å². The first-order chi connectivity index (χ1) is 13.8. The second-order valence-corrected chi connectivity index (χ2v) is 8.49. The number of sulfonamides is 1. The summed E-state index contributed by atoms with van der Waals surface area (Å²) >= 11 is 0. The molecule has 0 bridgehead atoms. The monoisotopic (exact) mass is 412 g/mol. The molecule has 0 aliphatic carbocycles. The van der Waals surface area contributed by atoms with Gasteiger partial charge in [0.25, 0.3) is 5.91 Å². The molecule has 0 aliphatic rings. The Hall–Kier alpha value is -3.19. The zero-order valence-corrected chi connectivity index (χ0v) is 16.7. The third-order valence-electron chi connectivity index (χ3n) is 4.35. The third kappa shape index (κ3) is 5.42. The zero-order valence-electron chi connectivity index (χ0n) is 15.9. The molecular weight excluding hydrogens is 391 g/mol. The van der Waals surface area contributed by atoms with Crippen molar-refractivity contribution in [3.8, 4) is 0 Å². The van der Waals surface area contributed by atoms with Crippen LogP contribution in [0.4, 0.5) is 10.1 Å². The Kier molecular flexibility index (Phi) is 6.29. The molecule has 3 aromatic rings. The van der Waals surface area contributed by atoms with Crippen molar-refractivity contribution in [2.45, 2.75) is 13.1 Å². The summed E-state index contributed by atoms with van der Waals surface area (Å²) in [6, 6.07) is 21.5. The SMILES string of the molecule is CS(=O)(=O)N(Cc1ccccc1)c1ccccc1C(=O)NCc1ccc(F)cc1. The topological polar surface area (TPSA) is 66.5 Å². The van der Waals surface area contributed by atoms with Crippen molar-refractivity contribution in [3.63, 3.8) is 0 Å². The molecule has 1 amide bonds. The second-order valence-electron chi connectivity index (χ2n) is 6.58. The van der Waals surface area contributed by atoms with Crippen LogP contribution in [0.3, 0.4) is 0 Å². The quantitative estimate of drug-likeness (QED) is 0.643. The van der Waals surface area contributed by atoms with Crippen LogP contribution in [0.5, 0.6) is 0 Å². The highest BCUT2D eigenvalue weighted by Gasteiger charge is 2.23. The molecule has 5 nitrogen and oxygen atoms in total. The van der Waals surface area contributed by atoms with Gasteiger partial charge in [0.05, 0.1) is 24.1 Å². The van der Waals surface area contributed by atoms with E-state index in [4.69, 9.17) is 0 Å². The Balaban J connectivity index is 1.86. The molecule has 3 aromatic carbocycles. The summed E-state index contributed by atoms with van der Waals surface area (Å²) in [5, 5.41) is 2.76. The van der Waals surface area contributed by atoms with Gasteiger partial charge in [-0.25, -0.2) is 12.8 Å². The van der Waals surface area contributed by atoms with Crippen molar-refractivity contribution in [3.05, 3.63) is 101 Å². The zero-order chi connectivity index (χ0) is 20.9. The highest BCUT2D eigenvalue weighted by atomic mass is 32.2. The van der Waals surface area contributed by atoms with Crippen molar-refractivity contribution in [2.24, 2.45) is 0 Å². The van der Waals surface area contributed by atoms with E-state index in [-0.39, 0.29) is 24.5 Å². The third-order valence-corrected chi connectivity index (χ3v) is 5.48. The van der Waals surface area contributed by atoms with Crippen molar-refractivity contribution in [2.75, 3.05) is 10.6 Å². The van der Waals surface area contributed by atoms with Crippen LogP contribution in [0.25, 0.3) is 0 Å². The Morgan fingerprint density at radius 2 is 1.52 bits per heavy atom. The fourth-order valence-corrected chi connectivity index (χ4v) is 3.79. The Bertz CT molecular complexity index is 1080. The smallest absolute Gasteiger partial charge is 0.253 e. The van der Waals surface area contributed by atoms with E-state index in [9.17, 15) is 17.6 Å². The molecule has 0 saturated carbocycles. The molecule has 1 N–H and O–H groups in total. The summed E-state index contributed by atoms with van der Waals surface area (Å²) in [4.78, 5) is 12.8. The van der Waals surface area contributed by atoms with Crippen LogP contribution in [-0.4, -0.2) is 20.6 Å². The number of carbonyl (C=O) groups is 1. The number of nitrogens with zero attached hydrogens (tertiary/aromatic N) is 1. The first-order valence-corrected chi connectivity index (χ1v) is 10.8. The molecule has 0 radical (unpaired) electrons. The minimum absolute atomic E-state index is 0.113. The molecular formula is C22H21FN2O3S. The number of hydrogen-bond acceptors (Lipinski definition) is 3. The molecule has 3 rings (SSSR count). The number of rotatable bonds is 7. The molecule has 7 heteroatoms. The van der Waals surface area contributed by atoms with E-state index in [1.165, 1.54) is 16.4 Å². The lowest BCUT2D eigenvalue weighted by atomic mass is 10.1. The molecule has 0 aliphatic heterocycles. The van der Waals surface area contributed by atoms with Crippen LogP contribution in [0.15, 0.2) is 78.9 Å². The molecule has 0 unspecified atom stereocenters. The van der Waals surface area contributed by atoms with Crippen LogP contribution < -0.4 is 9.62 Å². The molecule has 0 aromatic heterocycles. The van der Waals surface area contributed by atoms with Crippen LogP contribution in [0, 0.1) is 5.82 Å². The maximum absolute atomic E-state index is 13.0. The van der Waals surface area contributed by atoms with E-state index in [1.54, 1.807) is 36.4 Å². The van der Waals surface area contributed by atoms with Crippen molar-refractivity contribution in [1.82, 2.24) is 5.32 Å². The van der Waals surface area contributed by atoms with Gasteiger partial charge in [0.1, 0.15) is 5.82 Å². The van der Waals surface area contributed by atoms with Gasteiger partial charge < -0.3 is 5.32 Å². The minimum atomic E-state index is -3.63. The molecule has 150 valence electrons. The number of para-hydroxylation sites is 1. The molecule has 0 spiro atoms. The molecule has 0 fully saturated rings. The first kappa shape index (κ1) is 20.5. The van der Waals surface area contributed by atoms with Crippen LogP contribution in [0.1, 0.15) is 21.5 Å². The van der Waals surface area contributed by atoms with Gasteiger partial charge in [0.15, 0.2) is 0 Å². The predicted octanol–water partition coefficient (Wildman–Crippen LogP) is 3.72. The number of nitrogens with one attached hydrogen (secondary N) is 1. The summed E-state index contributed by atoms with van der Waals surface area (Å²) in [6.07, 6.45) is 1.11. The largest absolute Gasteiger partial charge is 0.348 e. The number of halogens is 1. The van der Waals surface area contributed by atoms with Gasteiger partial charge in [-0.05, 0) is 35.4 Å². The summed E-state index contributed by atoms with van der Waals surface area (Å²) in [6.45, 7) is 0.312. The average Bonchev–Trinajstić information content (AvgIpc) is 2.71. The van der Waals surface area contributed by atoms with Gasteiger partial charge in [0, 0.05) is 6.54 Å². The summed E-state index contributed by atoms with van der Waals surface area (Å²) in [5.41, 5.74) is 2.09. The number of anilines is 1. The van der Waals surface area contributed by atoms with E-state index in [2.05, 4.69) is 5.32 Å². The van der Waals surface area contributed by atoms with Gasteiger partial charge in [0.2, 0.25) is 10.0 Å². The van der Waals surface area contributed by atoms with Crippen molar-refractivity contribution in [1.29, 1.82) is 0 Å². The minimum Gasteiger partial charge on any atom is -0.348 e. The number of carbonyl (C=O) groups excluding carboxylic acids is 1. The van der Waals surface area contributed by atoms with Gasteiger partial charge >= 0.3 is 0 Å². The van der Waals surface area contributed by atoms with E-state index in [1.807, 2.05) is 30.3 Å². The van der Waals surface area contributed by atoms with E-state index in [0.717, 1.165) is 17.4 Å². The van der Waals surface area contributed by atoms with Crippen molar-refractivity contribution >= 4 is 21.6 Å². The van der Waals surface area contributed by atoms with Gasteiger partial charge in [-0.2, -0.15) is 0 Å². The second kappa shape index (κ2) is 8.87. The van der Waals surface area contributed by atoms with Crippen LogP contribution in [0.2, 0.25) is 0 Å². The maximum Gasteiger partial charge on any atom is 0.253 e. The summed E-state index contributed by atoms with van der Waals surface area (Å²) in [7, 11) is -3.63. The Morgan fingerprint density at radius 3 is 2.17 bits per heavy atom. The van der Waals surface area contributed by atoms with Crippen LogP contribution >= 0.6 is 0 Å². The normalized spacial score (nSPS) is 11.1. The predicted molar refractivity (Wildman–Crippen MR) is 111 cm³/mol. The first-order valence-electron chi connectivity index (χ1n) is 8.98. The lowest BCUT2D eigenvalue weighted by Crippen LogP contribution is -2.32. The number of amides is 1. The lowest BCUT2D eigenvalue weighted by Gasteiger charge is -2.24. The molecule has 0 atom stereocenters. The number of benzene rings is 3. The van der Waals surface area contributed by atoms with E-state index in [0.29, 0.717) is 5.69 Å². The Labute approximate surface area is 169 Å². The fourth-order valence-electron chi connectivity index (χ4n) is 2.89. The summed E-state index contributed by atoms with van der Waals surface area (Å²) < 4.78 is 39.2. The van der Waals surface area contributed by atoms with E-state index < -0.39 is 15.9 Å². The highest BCUT2D eigenvalue weighted by molar-refractivity contribution is 7.92. The average molecular weight is 412 g/mol. The van der Waals surface area contributed by atoms with Gasteiger partial charge in [-0.3, -0.25) is 9.10 Å². The standard InChI is InChI=1S/C22H21FN2O3S/c1-29(27,28)25(16-18-7-3-2-4-8-18)21-10-6-5-9-20(21)22(26)24-15-17-11-13-19(23)14-12-17/h2-14H,15-16H2,1H3,(H,24,26). The maximum atomic E-state index is 13.0. The van der Waals surface area contributed by atoms with E-state index >= 15 is 0 Å². The fraction of sp³-hybridized carbons (Fsp3) is 0.136. The Morgan fingerprint density at radius 1 is 0.897 bits per heavy atom. The molecule has 29 heavy (non-hydrogen) atoms. The van der Waals surface area contributed by atoms with Gasteiger partial charge in [-0.1, -0.05) is 54.6 Å².